The molecule has 6 nitrogen and oxygen atoms in total. The van der Waals surface area contributed by atoms with Gasteiger partial charge in [-0.1, -0.05) is 6.07 Å². The summed E-state index contributed by atoms with van der Waals surface area (Å²) in [5, 5.41) is 17.4. The maximum absolute atomic E-state index is 13.0. The van der Waals surface area contributed by atoms with Crippen molar-refractivity contribution >= 4 is 0 Å². The number of halogens is 1. The molecule has 126 valence electrons. The number of rotatable bonds is 8. The van der Waals surface area contributed by atoms with Crippen molar-refractivity contribution in [1.29, 1.82) is 0 Å². The molecule has 0 saturated carbocycles. The van der Waals surface area contributed by atoms with Gasteiger partial charge in [0.2, 0.25) is 5.88 Å². The Bertz CT molecular complexity index is 645. The Balaban J connectivity index is 1.78. The first-order valence-corrected chi connectivity index (χ1v) is 7.35. The number of hydrogen-bond acceptors (Lipinski definition) is 5. The van der Waals surface area contributed by atoms with Crippen molar-refractivity contribution < 1.29 is 19.0 Å². The molecule has 0 spiro atoms. The topological polar surface area (TPSA) is 68.5 Å². The molecule has 0 unspecified atom stereocenters. The van der Waals surface area contributed by atoms with Crippen LogP contribution in [0.4, 0.5) is 4.39 Å². The van der Waals surface area contributed by atoms with Crippen LogP contribution in [-0.2, 0) is 13.6 Å². The maximum Gasteiger partial charge on any atom is 0.216 e. The van der Waals surface area contributed by atoms with E-state index in [1.165, 1.54) is 12.1 Å². The smallest absolute Gasteiger partial charge is 0.216 e. The summed E-state index contributed by atoms with van der Waals surface area (Å²) in [5.41, 5.74) is 1.83. The molecule has 0 aliphatic rings. The highest BCUT2D eigenvalue weighted by molar-refractivity contribution is 5.30. The number of aryl methyl sites for hydroxylation is 2. The van der Waals surface area contributed by atoms with Gasteiger partial charge in [0.15, 0.2) is 0 Å². The highest BCUT2D eigenvalue weighted by Gasteiger charge is 2.14. The van der Waals surface area contributed by atoms with Crippen LogP contribution >= 0.6 is 0 Å². The van der Waals surface area contributed by atoms with Crippen molar-refractivity contribution in [1.82, 2.24) is 15.1 Å². The molecule has 0 fully saturated rings. The van der Waals surface area contributed by atoms with Crippen LogP contribution in [0.25, 0.3) is 0 Å². The van der Waals surface area contributed by atoms with Crippen LogP contribution in [0.2, 0.25) is 0 Å². The Morgan fingerprint density at radius 3 is 2.91 bits per heavy atom. The van der Waals surface area contributed by atoms with Crippen LogP contribution in [0, 0.1) is 12.7 Å². The lowest BCUT2D eigenvalue weighted by molar-refractivity contribution is 0.106. The van der Waals surface area contributed by atoms with Gasteiger partial charge in [-0.2, -0.15) is 5.10 Å². The van der Waals surface area contributed by atoms with E-state index in [-0.39, 0.29) is 12.4 Å². The second kappa shape index (κ2) is 7.94. The molecule has 23 heavy (non-hydrogen) atoms. The van der Waals surface area contributed by atoms with Gasteiger partial charge in [-0.05, 0) is 19.1 Å². The molecule has 2 rings (SSSR count). The third-order valence-corrected chi connectivity index (χ3v) is 3.40. The van der Waals surface area contributed by atoms with E-state index in [1.807, 2.05) is 14.0 Å². The lowest BCUT2D eigenvalue weighted by atomic mass is 10.2. The van der Waals surface area contributed by atoms with Gasteiger partial charge in [-0.3, -0.25) is 0 Å². The summed E-state index contributed by atoms with van der Waals surface area (Å²) in [5.74, 6) is 0.726. The van der Waals surface area contributed by atoms with Gasteiger partial charge in [-0.25, -0.2) is 9.07 Å². The van der Waals surface area contributed by atoms with E-state index in [0.29, 0.717) is 24.7 Å². The summed E-state index contributed by atoms with van der Waals surface area (Å²) < 4.78 is 25.4. The summed E-state index contributed by atoms with van der Waals surface area (Å²) in [6.45, 7) is 2.86. The first-order valence-electron chi connectivity index (χ1n) is 7.35. The summed E-state index contributed by atoms with van der Waals surface area (Å²) in [4.78, 5) is 0. The molecule has 1 atom stereocenters. The number of aromatic nitrogens is 2. The molecule has 0 aliphatic heterocycles. The fourth-order valence-electron chi connectivity index (χ4n) is 2.31. The first-order chi connectivity index (χ1) is 11.0. The lowest BCUT2D eigenvalue weighted by Crippen LogP contribution is -2.31. The number of nitrogens with zero attached hydrogens (tertiary/aromatic N) is 2. The quantitative estimate of drug-likeness (QED) is 0.769. The minimum Gasteiger partial charge on any atom is -0.491 e. The van der Waals surface area contributed by atoms with E-state index >= 15 is 0 Å². The summed E-state index contributed by atoms with van der Waals surface area (Å²) in [6.07, 6.45) is -0.707. The van der Waals surface area contributed by atoms with E-state index in [2.05, 4.69) is 10.4 Å². The van der Waals surface area contributed by atoms with Crippen molar-refractivity contribution in [3.63, 3.8) is 0 Å². The van der Waals surface area contributed by atoms with Crippen LogP contribution in [0.3, 0.4) is 0 Å². The van der Waals surface area contributed by atoms with Gasteiger partial charge in [0.25, 0.3) is 0 Å². The Morgan fingerprint density at radius 1 is 1.43 bits per heavy atom. The zero-order chi connectivity index (χ0) is 16.8. The largest absolute Gasteiger partial charge is 0.491 e. The van der Waals surface area contributed by atoms with Gasteiger partial charge < -0.3 is 19.9 Å². The molecule has 0 amide bonds. The van der Waals surface area contributed by atoms with Crippen LogP contribution in [-0.4, -0.2) is 41.3 Å². The van der Waals surface area contributed by atoms with E-state index in [0.717, 1.165) is 11.3 Å². The SMILES string of the molecule is COc1c(CNC[C@H](O)COc2cccc(F)c2)c(C)nn1C. The molecule has 7 heteroatoms. The highest BCUT2D eigenvalue weighted by atomic mass is 19.1. The number of ether oxygens (including phenoxy) is 2. The molecule has 2 N–H and O–H groups in total. The molecule has 1 heterocycles. The Morgan fingerprint density at radius 2 is 2.22 bits per heavy atom. The van der Waals surface area contributed by atoms with Crippen molar-refractivity contribution in [3.8, 4) is 11.6 Å². The van der Waals surface area contributed by atoms with E-state index in [9.17, 15) is 9.50 Å². The normalized spacial score (nSPS) is 12.2. The van der Waals surface area contributed by atoms with Gasteiger partial charge in [0.1, 0.15) is 24.3 Å². The number of aliphatic hydroxyl groups excluding tert-OH is 1. The summed E-state index contributed by atoms with van der Waals surface area (Å²) >= 11 is 0. The third kappa shape index (κ3) is 4.67. The highest BCUT2D eigenvalue weighted by Crippen LogP contribution is 2.20. The van der Waals surface area contributed by atoms with Gasteiger partial charge in [0, 0.05) is 26.2 Å². The Hall–Kier alpha value is -2.12. The molecule has 0 saturated heterocycles. The van der Waals surface area contributed by atoms with E-state index in [4.69, 9.17) is 9.47 Å². The Labute approximate surface area is 134 Å². The monoisotopic (exact) mass is 323 g/mol. The lowest BCUT2D eigenvalue weighted by Gasteiger charge is -2.13. The van der Waals surface area contributed by atoms with Crippen molar-refractivity contribution in [2.45, 2.75) is 19.6 Å². The van der Waals surface area contributed by atoms with E-state index < -0.39 is 6.10 Å². The fourth-order valence-corrected chi connectivity index (χ4v) is 2.31. The number of hydrogen-bond donors (Lipinski definition) is 2. The molecular weight excluding hydrogens is 301 g/mol. The maximum atomic E-state index is 13.0. The minimum atomic E-state index is -0.707. The Kier molecular flexibility index (Phi) is 5.95. The molecule has 1 aromatic heterocycles. The second-order valence-corrected chi connectivity index (χ2v) is 5.25. The molecule has 2 aromatic rings. The number of benzene rings is 1. The van der Waals surface area contributed by atoms with Crippen LogP contribution in [0.15, 0.2) is 24.3 Å². The average molecular weight is 323 g/mol. The van der Waals surface area contributed by atoms with Crippen molar-refractivity contribution in [2.75, 3.05) is 20.3 Å². The van der Waals surface area contributed by atoms with Crippen LogP contribution in [0.5, 0.6) is 11.6 Å². The predicted molar refractivity (Wildman–Crippen MR) is 84.1 cm³/mol. The van der Waals surface area contributed by atoms with Gasteiger partial charge in [0.05, 0.1) is 18.4 Å². The standard InChI is InChI=1S/C16H22FN3O3/c1-11-15(16(22-3)20(2)19-11)9-18-8-13(21)10-23-14-6-4-5-12(17)7-14/h4-7,13,18,21H,8-10H2,1-3H3/t13-/m0/s1. The molecule has 0 radical (unpaired) electrons. The molecule has 1 aromatic carbocycles. The predicted octanol–water partition coefficient (Wildman–Crippen LogP) is 1.41. The van der Waals surface area contributed by atoms with Crippen LogP contribution < -0.4 is 14.8 Å². The molecule has 0 bridgehead atoms. The zero-order valence-electron chi connectivity index (χ0n) is 13.5. The summed E-state index contributed by atoms with van der Waals surface area (Å²) in [6, 6.07) is 5.83. The number of nitrogens with one attached hydrogen (secondary N) is 1. The second-order valence-electron chi connectivity index (χ2n) is 5.25. The molecule has 0 aliphatic carbocycles. The van der Waals surface area contributed by atoms with Gasteiger partial charge in [-0.15, -0.1) is 0 Å². The first kappa shape index (κ1) is 17.2. The van der Waals surface area contributed by atoms with Crippen molar-refractivity contribution in [3.05, 3.63) is 41.3 Å². The zero-order valence-corrected chi connectivity index (χ0v) is 13.5. The van der Waals surface area contributed by atoms with E-state index in [1.54, 1.807) is 23.9 Å². The summed E-state index contributed by atoms with van der Waals surface area (Å²) in [7, 11) is 3.42. The average Bonchev–Trinajstić information content (AvgIpc) is 2.79. The fraction of sp³-hybridized carbons (Fsp3) is 0.438. The van der Waals surface area contributed by atoms with Gasteiger partial charge >= 0.3 is 0 Å². The van der Waals surface area contributed by atoms with Crippen molar-refractivity contribution in [2.24, 2.45) is 7.05 Å². The van der Waals surface area contributed by atoms with Crippen LogP contribution in [0.1, 0.15) is 11.3 Å². The molecular formula is C16H22FN3O3. The number of aliphatic hydroxyl groups is 1. The minimum absolute atomic E-state index is 0.0829. The third-order valence-electron chi connectivity index (χ3n) is 3.40. The number of methoxy groups -OCH3 is 1.